The summed E-state index contributed by atoms with van der Waals surface area (Å²) in [4.78, 5) is 26.9. The Morgan fingerprint density at radius 1 is 1.00 bits per heavy atom. The number of nitrogens with zero attached hydrogens (tertiary/aromatic N) is 1. The smallest absolute Gasteiger partial charge is 0.410 e. The monoisotopic (exact) mass is 453 g/mol. The summed E-state index contributed by atoms with van der Waals surface area (Å²) < 4.78 is 17.1. The highest BCUT2D eigenvalue weighted by Crippen LogP contribution is 2.31. The van der Waals surface area contributed by atoms with Gasteiger partial charge in [0, 0.05) is 19.0 Å². The first-order valence-electron chi connectivity index (χ1n) is 11.5. The van der Waals surface area contributed by atoms with Crippen molar-refractivity contribution in [3.8, 4) is 5.75 Å². The summed E-state index contributed by atoms with van der Waals surface area (Å²) in [5.74, 6) is 0.358. The SMILES string of the molecule is CC(C)(C)OC(=O)N1CCCC(c2cccc(OC(C)(C)C(=O)OCc3ccccc3)c2)C1. The molecule has 33 heavy (non-hydrogen) atoms. The van der Waals surface area contributed by atoms with E-state index in [0.29, 0.717) is 18.8 Å². The molecule has 0 saturated carbocycles. The molecule has 1 heterocycles. The molecule has 0 aliphatic carbocycles. The molecule has 1 fully saturated rings. The first-order chi connectivity index (χ1) is 15.5. The molecule has 1 atom stereocenters. The van der Waals surface area contributed by atoms with Crippen molar-refractivity contribution in [1.82, 2.24) is 4.90 Å². The van der Waals surface area contributed by atoms with Gasteiger partial charge in [-0.15, -0.1) is 0 Å². The van der Waals surface area contributed by atoms with Crippen molar-refractivity contribution >= 4 is 12.1 Å². The summed E-state index contributed by atoms with van der Waals surface area (Å²) >= 11 is 0. The molecular formula is C27H35NO5. The third-order valence-corrected chi connectivity index (χ3v) is 5.48. The van der Waals surface area contributed by atoms with Gasteiger partial charge in [-0.05, 0) is 70.7 Å². The van der Waals surface area contributed by atoms with Gasteiger partial charge in [0.15, 0.2) is 5.60 Å². The van der Waals surface area contributed by atoms with Crippen LogP contribution in [0.1, 0.15) is 64.5 Å². The van der Waals surface area contributed by atoms with Crippen molar-refractivity contribution < 1.29 is 23.8 Å². The number of carbonyl (C=O) groups excluding carboxylic acids is 2. The van der Waals surface area contributed by atoms with Crippen LogP contribution in [-0.4, -0.2) is 41.3 Å². The maximum atomic E-state index is 12.7. The van der Waals surface area contributed by atoms with Crippen molar-refractivity contribution in [1.29, 1.82) is 0 Å². The number of benzene rings is 2. The van der Waals surface area contributed by atoms with Crippen molar-refractivity contribution in [2.75, 3.05) is 13.1 Å². The maximum Gasteiger partial charge on any atom is 0.410 e. The number of carbonyl (C=O) groups is 2. The van der Waals surface area contributed by atoms with Gasteiger partial charge in [0.2, 0.25) is 0 Å². The molecule has 6 heteroatoms. The van der Waals surface area contributed by atoms with Crippen LogP contribution in [0.4, 0.5) is 4.79 Å². The zero-order valence-corrected chi connectivity index (χ0v) is 20.3. The second-order valence-corrected chi connectivity index (χ2v) is 10.0. The minimum absolute atomic E-state index is 0.183. The molecule has 1 amide bonds. The van der Waals surface area contributed by atoms with Gasteiger partial charge in [-0.3, -0.25) is 0 Å². The average Bonchev–Trinajstić information content (AvgIpc) is 2.77. The molecule has 1 unspecified atom stereocenters. The third-order valence-electron chi connectivity index (χ3n) is 5.48. The highest BCUT2D eigenvalue weighted by atomic mass is 16.6. The molecule has 2 aromatic rings. The number of hydrogen-bond donors (Lipinski definition) is 0. The summed E-state index contributed by atoms with van der Waals surface area (Å²) in [5, 5.41) is 0. The molecule has 0 bridgehead atoms. The van der Waals surface area contributed by atoms with E-state index in [-0.39, 0.29) is 18.6 Å². The zero-order valence-electron chi connectivity index (χ0n) is 20.3. The van der Waals surface area contributed by atoms with Crippen molar-refractivity contribution in [3.63, 3.8) is 0 Å². The number of likely N-dealkylation sites (tertiary alicyclic amines) is 1. The highest BCUT2D eigenvalue weighted by Gasteiger charge is 2.33. The van der Waals surface area contributed by atoms with E-state index in [1.54, 1.807) is 18.7 Å². The predicted molar refractivity (Wildman–Crippen MR) is 127 cm³/mol. The summed E-state index contributed by atoms with van der Waals surface area (Å²) in [6, 6.07) is 17.3. The molecule has 2 aromatic carbocycles. The molecule has 1 aliphatic rings. The van der Waals surface area contributed by atoms with Gasteiger partial charge in [0.1, 0.15) is 18.0 Å². The van der Waals surface area contributed by atoms with Crippen molar-refractivity contribution in [3.05, 3.63) is 65.7 Å². The van der Waals surface area contributed by atoms with Crippen LogP contribution in [0.3, 0.4) is 0 Å². The Morgan fingerprint density at radius 2 is 1.73 bits per heavy atom. The number of esters is 1. The van der Waals surface area contributed by atoms with Crippen LogP contribution in [0.25, 0.3) is 0 Å². The summed E-state index contributed by atoms with van der Waals surface area (Å²) in [6.45, 7) is 10.5. The van der Waals surface area contributed by atoms with Gasteiger partial charge in [-0.2, -0.15) is 0 Å². The predicted octanol–water partition coefficient (Wildman–Crippen LogP) is 5.70. The van der Waals surface area contributed by atoms with E-state index in [2.05, 4.69) is 0 Å². The van der Waals surface area contributed by atoms with Crippen molar-refractivity contribution in [2.24, 2.45) is 0 Å². The van der Waals surface area contributed by atoms with Gasteiger partial charge >= 0.3 is 12.1 Å². The van der Waals surface area contributed by atoms with Gasteiger partial charge < -0.3 is 19.1 Å². The molecule has 6 nitrogen and oxygen atoms in total. The van der Waals surface area contributed by atoms with E-state index in [9.17, 15) is 9.59 Å². The van der Waals surface area contributed by atoms with Gasteiger partial charge in [-0.25, -0.2) is 9.59 Å². The molecule has 3 rings (SSSR count). The Hall–Kier alpha value is -3.02. The topological polar surface area (TPSA) is 65.1 Å². The molecule has 0 N–H and O–H groups in total. The zero-order chi connectivity index (χ0) is 24.1. The lowest BCUT2D eigenvalue weighted by molar-refractivity contribution is -0.160. The number of amides is 1. The van der Waals surface area contributed by atoms with E-state index in [1.807, 2.05) is 75.4 Å². The van der Waals surface area contributed by atoms with Gasteiger partial charge in [-0.1, -0.05) is 42.5 Å². The summed E-state index contributed by atoms with van der Waals surface area (Å²) in [7, 11) is 0. The van der Waals surface area contributed by atoms with Crippen molar-refractivity contribution in [2.45, 2.75) is 71.2 Å². The molecule has 0 spiro atoms. The number of hydrogen-bond acceptors (Lipinski definition) is 5. The average molecular weight is 454 g/mol. The Kier molecular flexibility index (Phi) is 7.67. The largest absolute Gasteiger partial charge is 0.476 e. The molecule has 0 radical (unpaired) electrons. The lowest BCUT2D eigenvalue weighted by Crippen LogP contribution is -2.42. The van der Waals surface area contributed by atoms with Crippen LogP contribution in [0, 0.1) is 0 Å². The van der Waals surface area contributed by atoms with E-state index >= 15 is 0 Å². The molecular weight excluding hydrogens is 418 g/mol. The fourth-order valence-electron chi connectivity index (χ4n) is 3.81. The van der Waals surface area contributed by atoms with Crippen LogP contribution in [0.2, 0.25) is 0 Å². The number of ether oxygens (including phenoxy) is 3. The third kappa shape index (κ3) is 7.24. The normalized spacial score (nSPS) is 16.8. The maximum absolute atomic E-state index is 12.7. The second-order valence-electron chi connectivity index (χ2n) is 10.0. The minimum Gasteiger partial charge on any atom is -0.476 e. The first-order valence-corrected chi connectivity index (χ1v) is 11.5. The van der Waals surface area contributed by atoms with Crippen LogP contribution in [0.15, 0.2) is 54.6 Å². The lowest BCUT2D eigenvalue weighted by atomic mass is 9.90. The molecule has 1 saturated heterocycles. The second kappa shape index (κ2) is 10.3. The summed E-state index contributed by atoms with van der Waals surface area (Å²) in [5.41, 5.74) is 0.353. The number of rotatable bonds is 6. The van der Waals surface area contributed by atoms with Gasteiger partial charge in [0.25, 0.3) is 0 Å². The van der Waals surface area contributed by atoms with Crippen LogP contribution in [-0.2, 0) is 20.9 Å². The van der Waals surface area contributed by atoms with E-state index < -0.39 is 17.2 Å². The molecule has 178 valence electrons. The van der Waals surface area contributed by atoms with E-state index in [0.717, 1.165) is 24.0 Å². The Bertz CT molecular complexity index is 948. The van der Waals surface area contributed by atoms with E-state index in [1.165, 1.54) is 0 Å². The fourth-order valence-corrected chi connectivity index (χ4v) is 3.81. The Labute approximate surface area is 196 Å². The standard InChI is InChI=1S/C27H35NO5/c1-26(2,3)33-25(30)28-16-10-14-22(18-28)21-13-9-15-23(17-21)32-27(4,5)24(29)31-19-20-11-7-6-8-12-20/h6-9,11-13,15,17,22H,10,14,16,18-19H2,1-5H3. The first kappa shape index (κ1) is 24.6. The highest BCUT2D eigenvalue weighted by molar-refractivity contribution is 5.79. The van der Waals surface area contributed by atoms with E-state index in [4.69, 9.17) is 14.2 Å². The molecule has 0 aromatic heterocycles. The quantitative estimate of drug-likeness (QED) is 0.525. The Balaban J connectivity index is 1.62. The molecule has 1 aliphatic heterocycles. The van der Waals surface area contributed by atoms with Crippen LogP contribution < -0.4 is 4.74 Å². The van der Waals surface area contributed by atoms with Gasteiger partial charge in [0.05, 0.1) is 0 Å². The van der Waals surface area contributed by atoms with Crippen LogP contribution in [0.5, 0.6) is 5.75 Å². The van der Waals surface area contributed by atoms with Crippen LogP contribution >= 0.6 is 0 Å². The number of piperidine rings is 1. The lowest BCUT2D eigenvalue weighted by Gasteiger charge is -2.34. The Morgan fingerprint density at radius 3 is 2.42 bits per heavy atom. The minimum atomic E-state index is -1.14. The fraction of sp³-hybridized carbons (Fsp3) is 0.481. The summed E-state index contributed by atoms with van der Waals surface area (Å²) in [6.07, 6.45) is 1.61.